The van der Waals surface area contributed by atoms with Crippen LogP contribution < -0.4 is 21.3 Å². The Hall–Kier alpha value is -0.160. The lowest BCUT2D eigenvalue weighted by molar-refractivity contribution is 0.290. The number of nitrogens with one attached hydrogen (secondary N) is 3. The Bertz CT molecular complexity index is 111. The molecule has 0 aliphatic carbocycles. The maximum absolute atomic E-state index is 4.59. The normalized spacial score (nSPS) is 38.0. The molecule has 69 valence electrons. The Kier molecular flexibility index (Phi) is 2.94. The average molecular weight is 169 g/mol. The molecular weight excluding hydrogens is 152 g/mol. The van der Waals surface area contributed by atoms with Crippen molar-refractivity contribution in [2.24, 2.45) is 0 Å². The summed E-state index contributed by atoms with van der Waals surface area (Å²) in [5.41, 5.74) is 0. The van der Waals surface area contributed by atoms with Gasteiger partial charge < -0.3 is 16.0 Å². The maximum atomic E-state index is 4.59. The van der Waals surface area contributed by atoms with Gasteiger partial charge in [-0.1, -0.05) is 0 Å². The minimum Gasteiger partial charge on any atom is -0.314 e. The molecule has 2 fully saturated rings. The van der Waals surface area contributed by atoms with E-state index in [2.05, 4.69) is 21.3 Å². The summed E-state index contributed by atoms with van der Waals surface area (Å²) in [5, 5.41) is 14.8. The standard InChI is InChI=1S/C8H17N4/c1-3-11-7(5-9-1)8-6-10-2-4-12-8/h7-11H,1-6H2. The SMILES string of the molecule is C1CNCC(C2CNCCN2)[N]1. The third kappa shape index (κ3) is 1.95. The van der Waals surface area contributed by atoms with Crippen molar-refractivity contribution >= 4 is 0 Å². The van der Waals surface area contributed by atoms with E-state index >= 15 is 0 Å². The monoisotopic (exact) mass is 169 g/mol. The number of rotatable bonds is 1. The fourth-order valence-electron chi connectivity index (χ4n) is 1.84. The number of hydrogen-bond donors (Lipinski definition) is 3. The molecule has 0 aromatic carbocycles. The molecule has 0 aromatic rings. The van der Waals surface area contributed by atoms with E-state index in [-0.39, 0.29) is 0 Å². The third-order valence-electron chi connectivity index (χ3n) is 2.54. The van der Waals surface area contributed by atoms with Crippen molar-refractivity contribution in [2.75, 3.05) is 39.3 Å². The summed E-state index contributed by atoms with van der Waals surface area (Å²) in [4.78, 5) is 0. The summed E-state index contributed by atoms with van der Waals surface area (Å²) in [6, 6.07) is 1.03. The molecule has 4 heteroatoms. The van der Waals surface area contributed by atoms with Crippen molar-refractivity contribution in [3.8, 4) is 0 Å². The second kappa shape index (κ2) is 4.18. The molecule has 2 unspecified atom stereocenters. The van der Waals surface area contributed by atoms with E-state index in [0.717, 1.165) is 39.3 Å². The molecule has 2 aliphatic heterocycles. The molecule has 1 radical (unpaired) electrons. The second-order valence-electron chi connectivity index (χ2n) is 3.44. The van der Waals surface area contributed by atoms with E-state index in [1.165, 1.54) is 0 Å². The summed E-state index contributed by atoms with van der Waals surface area (Å²) in [7, 11) is 0. The second-order valence-corrected chi connectivity index (χ2v) is 3.44. The van der Waals surface area contributed by atoms with Gasteiger partial charge in [0.1, 0.15) is 0 Å². The molecule has 4 nitrogen and oxygen atoms in total. The molecule has 0 spiro atoms. The van der Waals surface area contributed by atoms with Crippen LogP contribution in [0, 0.1) is 0 Å². The van der Waals surface area contributed by atoms with E-state index in [0.29, 0.717) is 12.1 Å². The highest BCUT2D eigenvalue weighted by molar-refractivity contribution is 4.90. The zero-order chi connectivity index (χ0) is 8.23. The molecule has 2 heterocycles. The fraction of sp³-hybridized carbons (Fsp3) is 1.00. The molecule has 2 saturated heterocycles. The van der Waals surface area contributed by atoms with Crippen LogP contribution in [-0.2, 0) is 0 Å². The first-order valence-electron chi connectivity index (χ1n) is 4.78. The molecule has 2 aliphatic rings. The number of hydrogen-bond acceptors (Lipinski definition) is 3. The zero-order valence-corrected chi connectivity index (χ0v) is 7.34. The van der Waals surface area contributed by atoms with Crippen LogP contribution in [0.2, 0.25) is 0 Å². The van der Waals surface area contributed by atoms with Gasteiger partial charge in [0.25, 0.3) is 0 Å². The van der Waals surface area contributed by atoms with Gasteiger partial charge in [-0.15, -0.1) is 0 Å². The number of piperazine rings is 2. The summed E-state index contributed by atoms with van der Waals surface area (Å²) >= 11 is 0. The van der Waals surface area contributed by atoms with Crippen LogP contribution in [0.3, 0.4) is 0 Å². The van der Waals surface area contributed by atoms with Gasteiger partial charge in [-0.25, -0.2) is 5.32 Å². The van der Waals surface area contributed by atoms with E-state index < -0.39 is 0 Å². The first kappa shape index (κ1) is 8.44. The Morgan fingerprint density at radius 1 is 1.00 bits per heavy atom. The zero-order valence-electron chi connectivity index (χ0n) is 7.34. The first-order chi connectivity index (χ1) is 5.97. The highest BCUT2D eigenvalue weighted by Crippen LogP contribution is 1.98. The summed E-state index contributed by atoms with van der Waals surface area (Å²) in [6.45, 7) is 6.31. The van der Waals surface area contributed by atoms with Gasteiger partial charge in [-0.05, 0) is 0 Å². The molecule has 2 rings (SSSR count). The molecule has 0 amide bonds. The van der Waals surface area contributed by atoms with Crippen LogP contribution in [0.4, 0.5) is 0 Å². The van der Waals surface area contributed by atoms with Crippen molar-refractivity contribution in [3.63, 3.8) is 0 Å². The lowest BCUT2D eigenvalue weighted by Gasteiger charge is -2.34. The molecule has 2 atom stereocenters. The van der Waals surface area contributed by atoms with E-state index in [1.54, 1.807) is 0 Å². The highest BCUT2D eigenvalue weighted by atomic mass is 15.1. The Balaban J connectivity index is 1.80. The average Bonchev–Trinajstić information content (AvgIpc) is 2.21. The van der Waals surface area contributed by atoms with E-state index in [1.807, 2.05) is 0 Å². The highest BCUT2D eigenvalue weighted by Gasteiger charge is 2.24. The predicted molar refractivity (Wildman–Crippen MR) is 48.3 cm³/mol. The van der Waals surface area contributed by atoms with Crippen molar-refractivity contribution in [1.82, 2.24) is 21.3 Å². The van der Waals surface area contributed by atoms with E-state index in [4.69, 9.17) is 0 Å². The van der Waals surface area contributed by atoms with Crippen LogP contribution >= 0.6 is 0 Å². The Labute approximate surface area is 73.5 Å². The third-order valence-corrected chi connectivity index (χ3v) is 2.54. The summed E-state index contributed by atoms with van der Waals surface area (Å²) in [6.07, 6.45) is 0. The molecule has 12 heavy (non-hydrogen) atoms. The molecule has 0 bridgehead atoms. The first-order valence-corrected chi connectivity index (χ1v) is 4.78. The van der Waals surface area contributed by atoms with Gasteiger partial charge in [0.05, 0.1) is 6.04 Å². The minimum atomic E-state index is 0.478. The Morgan fingerprint density at radius 2 is 1.92 bits per heavy atom. The van der Waals surface area contributed by atoms with Crippen molar-refractivity contribution in [1.29, 1.82) is 0 Å². The van der Waals surface area contributed by atoms with Gasteiger partial charge in [0, 0.05) is 45.3 Å². The fourth-order valence-corrected chi connectivity index (χ4v) is 1.84. The van der Waals surface area contributed by atoms with Crippen LogP contribution in [0.15, 0.2) is 0 Å². The van der Waals surface area contributed by atoms with Crippen molar-refractivity contribution in [3.05, 3.63) is 0 Å². The van der Waals surface area contributed by atoms with Crippen molar-refractivity contribution < 1.29 is 0 Å². The van der Waals surface area contributed by atoms with Crippen LogP contribution in [0.5, 0.6) is 0 Å². The quantitative estimate of drug-likeness (QED) is 0.431. The van der Waals surface area contributed by atoms with Crippen LogP contribution in [0.1, 0.15) is 0 Å². The molecule has 0 aromatic heterocycles. The van der Waals surface area contributed by atoms with Crippen LogP contribution in [-0.4, -0.2) is 51.4 Å². The maximum Gasteiger partial charge on any atom is 0.0536 e. The molecular formula is C8H17N4. The Morgan fingerprint density at radius 3 is 2.58 bits per heavy atom. The van der Waals surface area contributed by atoms with E-state index in [9.17, 15) is 0 Å². The van der Waals surface area contributed by atoms with Gasteiger partial charge in [0.2, 0.25) is 0 Å². The van der Waals surface area contributed by atoms with Crippen LogP contribution in [0.25, 0.3) is 0 Å². The largest absolute Gasteiger partial charge is 0.314 e. The van der Waals surface area contributed by atoms with Gasteiger partial charge >= 0.3 is 0 Å². The topological polar surface area (TPSA) is 50.2 Å². The minimum absolute atomic E-state index is 0.478. The molecule has 0 saturated carbocycles. The van der Waals surface area contributed by atoms with Gasteiger partial charge in [0.15, 0.2) is 0 Å². The smallest absolute Gasteiger partial charge is 0.0536 e. The predicted octanol–water partition coefficient (Wildman–Crippen LogP) is -1.88. The summed E-state index contributed by atoms with van der Waals surface area (Å²) < 4.78 is 0. The number of nitrogens with zero attached hydrogens (tertiary/aromatic N) is 1. The van der Waals surface area contributed by atoms with Gasteiger partial charge in [-0.2, -0.15) is 0 Å². The summed E-state index contributed by atoms with van der Waals surface area (Å²) in [5.74, 6) is 0. The molecule has 3 N–H and O–H groups in total. The van der Waals surface area contributed by atoms with Gasteiger partial charge in [-0.3, -0.25) is 0 Å². The lowest BCUT2D eigenvalue weighted by Crippen LogP contribution is -2.61. The lowest BCUT2D eigenvalue weighted by atomic mass is 10.1. The van der Waals surface area contributed by atoms with Crippen molar-refractivity contribution in [2.45, 2.75) is 12.1 Å².